The van der Waals surface area contributed by atoms with E-state index in [0.717, 1.165) is 34.9 Å². The van der Waals surface area contributed by atoms with Crippen LogP contribution in [0.15, 0.2) is 34.3 Å². The Morgan fingerprint density at radius 3 is 2.78 bits per heavy atom. The second kappa shape index (κ2) is 6.74. The fourth-order valence-corrected chi connectivity index (χ4v) is 3.01. The van der Waals surface area contributed by atoms with Gasteiger partial charge in [-0.2, -0.15) is 0 Å². The first-order valence-electron chi connectivity index (χ1n) is 6.51. The van der Waals surface area contributed by atoms with Gasteiger partial charge in [-0.3, -0.25) is 0 Å². The summed E-state index contributed by atoms with van der Waals surface area (Å²) in [5, 5.41) is 11.1. The number of rotatable bonds is 2. The van der Waals surface area contributed by atoms with Gasteiger partial charge in [0, 0.05) is 10.0 Å². The normalized spacial score (nSPS) is 21.6. The number of hydrogen-bond acceptors (Lipinski definition) is 1. The van der Waals surface area contributed by atoms with Crippen molar-refractivity contribution in [2.45, 2.75) is 44.6 Å². The van der Waals surface area contributed by atoms with Gasteiger partial charge in [0.05, 0.1) is 5.02 Å². The first kappa shape index (κ1) is 14.1. The zero-order valence-corrected chi connectivity index (χ0v) is 12.7. The van der Waals surface area contributed by atoms with E-state index in [-0.39, 0.29) is 0 Å². The SMILES string of the molecule is OC(/C1=C/CCCCCC1)c1cccc(Br)c1Cl. The summed E-state index contributed by atoms with van der Waals surface area (Å²) in [6, 6.07) is 5.71. The van der Waals surface area contributed by atoms with Crippen molar-refractivity contribution >= 4 is 27.5 Å². The molecule has 3 heteroatoms. The Morgan fingerprint density at radius 1 is 1.17 bits per heavy atom. The molecule has 1 atom stereocenters. The number of hydrogen-bond donors (Lipinski definition) is 1. The van der Waals surface area contributed by atoms with Gasteiger partial charge in [-0.1, -0.05) is 42.7 Å². The lowest BCUT2D eigenvalue weighted by Gasteiger charge is -2.19. The van der Waals surface area contributed by atoms with Crippen LogP contribution in [0.4, 0.5) is 0 Å². The maximum absolute atomic E-state index is 10.5. The summed E-state index contributed by atoms with van der Waals surface area (Å²) < 4.78 is 0.840. The fraction of sp³-hybridized carbons (Fsp3) is 0.467. The van der Waals surface area contributed by atoms with Gasteiger partial charge in [0.1, 0.15) is 6.10 Å². The molecule has 0 spiro atoms. The highest BCUT2D eigenvalue weighted by Gasteiger charge is 2.18. The molecule has 1 aromatic carbocycles. The first-order valence-corrected chi connectivity index (χ1v) is 7.68. The van der Waals surface area contributed by atoms with Crippen LogP contribution in [0.2, 0.25) is 5.02 Å². The van der Waals surface area contributed by atoms with Crippen LogP contribution < -0.4 is 0 Å². The Hall–Kier alpha value is -0.310. The third-order valence-corrected chi connectivity index (χ3v) is 4.76. The monoisotopic (exact) mass is 328 g/mol. The van der Waals surface area contributed by atoms with Gasteiger partial charge in [0.15, 0.2) is 0 Å². The van der Waals surface area contributed by atoms with Crippen LogP contribution in [0.5, 0.6) is 0 Å². The molecule has 0 bridgehead atoms. The summed E-state index contributed by atoms with van der Waals surface area (Å²) >= 11 is 9.65. The lowest BCUT2D eigenvalue weighted by molar-refractivity contribution is 0.209. The van der Waals surface area contributed by atoms with Crippen molar-refractivity contribution in [2.75, 3.05) is 0 Å². The van der Waals surface area contributed by atoms with Crippen LogP contribution in [-0.4, -0.2) is 5.11 Å². The minimum absolute atomic E-state index is 0.562. The first-order chi connectivity index (χ1) is 8.70. The predicted molar refractivity (Wildman–Crippen MR) is 79.9 cm³/mol. The standard InChI is InChI=1S/C15H18BrClO/c16-13-10-6-9-12(14(13)17)15(18)11-7-4-2-1-3-5-8-11/h6-7,9-10,15,18H,1-5,8H2/b11-7+. The fourth-order valence-electron chi connectivity index (χ4n) is 2.40. The average molecular weight is 330 g/mol. The lowest BCUT2D eigenvalue weighted by atomic mass is 9.93. The molecule has 1 nitrogen and oxygen atoms in total. The van der Waals surface area contributed by atoms with Crippen molar-refractivity contribution in [3.8, 4) is 0 Å². The largest absolute Gasteiger partial charge is 0.384 e. The van der Waals surface area contributed by atoms with Gasteiger partial charge in [0.25, 0.3) is 0 Å². The minimum Gasteiger partial charge on any atom is -0.384 e. The molecule has 2 rings (SSSR count). The van der Waals surface area contributed by atoms with Crippen LogP contribution in [0.1, 0.15) is 50.2 Å². The third kappa shape index (κ3) is 3.37. The van der Waals surface area contributed by atoms with E-state index in [4.69, 9.17) is 11.6 Å². The van der Waals surface area contributed by atoms with Crippen LogP contribution in [0.25, 0.3) is 0 Å². The molecule has 0 fully saturated rings. The van der Waals surface area contributed by atoms with Gasteiger partial charge in [0.2, 0.25) is 0 Å². The van der Waals surface area contributed by atoms with Gasteiger partial charge >= 0.3 is 0 Å². The molecular weight excluding hydrogens is 312 g/mol. The quantitative estimate of drug-likeness (QED) is 0.719. The van der Waals surface area contributed by atoms with E-state index in [1.807, 2.05) is 18.2 Å². The Kier molecular flexibility index (Phi) is 5.28. The van der Waals surface area contributed by atoms with Crippen molar-refractivity contribution in [1.82, 2.24) is 0 Å². The molecule has 1 aliphatic rings. The van der Waals surface area contributed by atoms with E-state index in [1.54, 1.807) is 0 Å². The van der Waals surface area contributed by atoms with E-state index in [9.17, 15) is 5.11 Å². The Morgan fingerprint density at radius 2 is 1.94 bits per heavy atom. The highest BCUT2D eigenvalue weighted by molar-refractivity contribution is 9.10. The number of benzene rings is 1. The highest BCUT2D eigenvalue weighted by atomic mass is 79.9. The second-order valence-corrected chi connectivity index (χ2v) is 6.01. The molecular formula is C15H18BrClO. The van der Waals surface area contributed by atoms with E-state index in [1.165, 1.54) is 19.3 Å². The molecule has 1 aromatic rings. The highest BCUT2D eigenvalue weighted by Crippen LogP contribution is 2.35. The zero-order valence-electron chi connectivity index (χ0n) is 10.3. The van der Waals surface area contributed by atoms with Gasteiger partial charge in [-0.05, 0) is 53.3 Å². The van der Waals surface area contributed by atoms with Crippen molar-refractivity contribution < 1.29 is 5.11 Å². The van der Waals surface area contributed by atoms with Crippen LogP contribution in [-0.2, 0) is 0 Å². The zero-order chi connectivity index (χ0) is 13.0. The molecule has 1 unspecified atom stereocenters. The van der Waals surface area contributed by atoms with Crippen molar-refractivity contribution in [1.29, 1.82) is 0 Å². The van der Waals surface area contributed by atoms with Gasteiger partial charge in [-0.25, -0.2) is 0 Å². The average Bonchev–Trinajstić information content (AvgIpc) is 2.31. The summed E-state index contributed by atoms with van der Waals surface area (Å²) in [5.41, 5.74) is 1.92. The molecule has 1 aliphatic carbocycles. The van der Waals surface area contributed by atoms with Crippen LogP contribution in [0, 0.1) is 0 Å². The Bertz CT molecular complexity index is 442. The van der Waals surface area contributed by atoms with Crippen LogP contribution in [0.3, 0.4) is 0 Å². The molecule has 0 saturated heterocycles. The molecule has 0 aromatic heterocycles. The molecule has 0 aliphatic heterocycles. The number of halogens is 2. The topological polar surface area (TPSA) is 20.2 Å². The van der Waals surface area contributed by atoms with Gasteiger partial charge < -0.3 is 5.11 Å². The Labute approximate surface area is 122 Å². The van der Waals surface area contributed by atoms with Gasteiger partial charge in [-0.15, -0.1) is 0 Å². The maximum Gasteiger partial charge on any atom is 0.102 e. The molecule has 0 radical (unpaired) electrons. The second-order valence-electron chi connectivity index (χ2n) is 4.78. The predicted octanol–water partition coefficient (Wildman–Crippen LogP) is 5.42. The van der Waals surface area contributed by atoms with E-state index in [0.29, 0.717) is 5.02 Å². The summed E-state index contributed by atoms with van der Waals surface area (Å²) in [7, 11) is 0. The minimum atomic E-state index is -0.562. The molecule has 0 amide bonds. The summed E-state index contributed by atoms with van der Waals surface area (Å²) in [6.45, 7) is 0. The summed E-state index contributed by atoms with van der Waals surface area (Å²) in [6.07, 6.45) is 8.63. The summed E-state index contributed by atoms with van der Waals surface area (Å²) in [4.78, 5) is 0. The van der Waals surface area contributed by atoms with E-state index >= 15 is 0 Å². The van der Waals surface area contributed by atoms with Crippen molar-refractivity contribution in [2.24, 2.45) is 0 Å². The van der Waals surface area contributed by atoms with Crippen molar-refractivity contribution in [3.63, 3.8) is 0 Å². The summed E-state index contributed by atoms with van der Waals surface area (Å²) in [5.74, 6) is 0. The number of allylic oxidation sites excluding steroid dienone is 1. The van der Waals surface area contributed by atoms with E-state index < -0.39 is 6.10 Å². The molecule has 0 saturated carbocycles. The molecule has 1 N–H and O–H groups in total. The number of aliphatic hydroxyl groups excluding tert-OH is 1. The number of aliphatic hydroxyl groups is 1. The smallest absolute Gasteiger partial charge is 0.102 e. The third-order valence-electron chi connectivity index (χ3n) is 3.45. The van der Waals surface area contributed by atoms with E-state index in [2.05, 4.69) is 22.0 Å². The van der Waals surface area contributed by atoms with Crippen LogP contribution >= 0.6 is 27.5 Å². The maximum atomic E-state index is 10.5. The lowest BCUT2D eigenvalue weighted by Crippen LogP contribution is -2.04. The Balaban J connectivity index is 2.23. The van der Waals surface area contributed by atoms with Crippen molar-refractivity contribution in [3.05, 3.63) is 44.9 Å². The molecule has 98 valence electrons. The molecule has 18 heavy (non-hydrogen) atoms. The molecule has 0 heterocycles.